The van der Waals surface area contributed by atoms with Gasteiger partial charge in [0.25, 0.3) is 5.91 Å². The Morgan fingerprint density at radius 3 is 2.48 bits per heavy atom. The van der Waals surface area contributed by atoms with Gasteiger partial charge in [-0.3, -0.25) is 14.4 Å². The lowest BCUT2D eigenvalue weighted by molar-refractivity contribution is 0.0403. The topological polar surface area (TPSA) is 72.1 Å². The van der Waals surface area contributed by atoms with Crippen LogP contribution in [-0.4, -0.2) is 66.9 Å². The van der Waals surface area contributed by atoms with Crippen LogP contribution in [-0.2, 0) is 19.1 Å². The Kier molecular flexibility index (Phi) is 4.24. The molecule has 0 N–H and O–H groups in total. The molecule has 2 aromatic heterocycles. The van der Waals surface area contributed by atoms with Crippen molar-refractivity contribution in [2.45, 2.75) is 24.9 Å². The van der Waals surface area contributed by atoms with Crippen LogP contribution in [0.2, 0.25) is 0 Å². The molecular formula is C21H25N7O. The van der Waals surface area contributed by atoms with Gasteiger partial charge in [-0.05, 0) is 26.0 Å². The van der Waals surface area contributed by atoms with Crippen molar-refractivity contribution in [1.29, 1.82) is 0 Å². The normalized spacial score (nSPS) is 18.8. The maximum Gasteiger partial charge on any atom is 0.272 e. The summed E-state index contributed by atoms with van der Waals surface area (Å²) < 4.78 is 4.00. The Bertz CT molecular complexity index is 1030. The molecule has 1 saturated heterocycles. The molecule has 0 radical (unpaired) electrons. The predicted octanol–water partition coefficient (Wildman–Crippen LogP) is 1.76. The summed E-state index contributed by atoms with van der Waals surface area (Å²) in [5.41, 5.74) is 1.63. The second-order valence-corrected chi connectivity index (χ2v) is 8.17. The van der Waals surface area contributed by atoms with Crippen molar-refractivity contribution in [2.75, 3.05) is 26.7 Å². The third-order valence-electron chi connectivity index (χ3n) is 6.23. The first-order valence-electron chi connectivity index (χ1n) is 10.0. The maximum atomic E-state index is 12.9. The summed E-state index contributed by atoms with van der Waals surface area (Å²) in [6, 6.07) is 12.0. The molecule has 8 nitrogen and oxygen atoms in total. The number of carbonyl (C=O) groups is 1. The van der Waals surface area contributed by atoms with Crippen LogP contribution in [0.3, 0.4) is 0 Å². The van der Waals surface area contributed by atoms with E-state index in [0.29, 0.717) is 18.8 Å². The first kappa shape index (κ1) is 18.1. The maximum absolute atomic E-state index is 12.9. The number of hydrogen-bond donors (Lipinski definition) is 0. The summed E-state index contributed by atoms with van der Waals surface area (Å²) in [5, 5.41) is 13.2. The Hall–Kier alpha value is -3.00. The molecule has 1 fully saturated rings. The molecule has 3 aromatic rings. The van der Waals surface area contributed by atoms with Gasteiger partial charge in [0.1, 0.15) is 11.5 Å². The summed E-state index contributed by atoms with van der Waals surface area (Å²) in [7, 11) is 3.94. The lowest BCUT2D eigenvalue weighted by atomic mass is 9.84. The van der Waals surface area contributed by atoms with Gasteiger partial charge < -0.3 is 9.47 Å². The molecule has 1 aromatic carbocycles. The van der Waals surface area contributed by atoms with Gasteiger partial charge in [-0.15, -0.1) is 10.2 Å². The largest absolute Gasteiger partial charge is 0.337 e. The molecule has 4 heterocycles. The van der Waals surface area contributed by atoms with Gasteiger partial charge in [0.05, 0.1) is 12.1 Å². The number of aromatic nitrogens is 5. The van der Waals surface area contributed by atoms with E-state index >= 15 is 0 Å². The zero-order valence-electron chi connectivity index (χ0n) is 16.8. The molecule has 1 amide bonds. The van der Waals surface area contributed by atoms with Crippen molar-refractivity contribution in [3.63, 3.8) is 0 Å². The SMILES string of the molecule is CN1Cc2nnc(-c3ccccc3)n2C2(CCN(C(=O)c3ccnn3C)CC2)C1. The van der Waals surface area contributed by atoms with Crippen molar-refractivity contribution in [3.05, 3.63) is 54.1 Å². The van der Waals surface area contributed by atoms with Crippen molar-refractivity contribution in [1.82, 2.24) is 34.3 Å². The molecule has 2 aliphatic rings. The monoisotopic (exact) mass is 391 g/mol. The fourth-order valence-electron chi connectivity index (χ4n) is 4.82. The number of fused-ring (bicyclic) bond motifs is 2. The van der Waals surface area contributed by atoms with Gasteiger partial charge in [0.2, 0.25) is 0 Å². The highest BCUT2D eigenvalue weighted by Gasteiger charge is 2.44. The number of piperidine rings is 1. The number of aryl methyl sites for hydroxylation is 1. The highest BCUT2D eigenvalue weighted by Crippen LogP contribution is 2.39. The number of benzene rings is 1. The zero-order chi connectivity index (χ0) is 20.0. The number of likely N-dealkylation sites (N-methyl/N-ethyl adjacent to an activating group) is 1. The van der Waals surface area contributed by atoms with Crippen LogP contribution in [0.15, 0.2) is 42.6 Å². The van der Waals surface area contributed by atoms with E-state index in [0.717, 1.165) is 43.1 Å². The smallest absolute Gasteiger partial charge is 0.272 e. The Morgan fingerprint density at radius 2 is 1.79 bits per heavy atom. The van der Waals surface area contributed by atoms with Crippen LogP contribution in [0.1, 0.15) is 29.2 Å². The van der Waals surface area contributed by atoms with E-state index in [1.54, 1.807) is 16.9 Å². The third kappa shape index (κ3) is 2.95. The number of hydrogen-bond acceptors (Lipinski definition) is 5. The molecule has 0 unspecified atom stereocenters. The number of amides is 1. The second-order valence-electron chi connectivity index (χ2n) is 8.17. The van der Waals surface area contributed by atoms with Crippen molar-refractivity contribution < 1.29 is 4.79 Å². The van der Waals surface area contributed by atoms with Gasteiger partial charge in [-0.1, -0.05) is 30.3 Å². The number of rotatable bonds is 2. The summed E-state index contributed by atoms with van der Waals surface area (Å²) in [6.07, 6.45) is 3.43. The average molecular weight is 391 g/mol. The Balaban J connectivity index is 1.46. The molecular weight excluding hydrogens is 366 g/mol. The van der Waals surface area contributed by atoms with Gasteiger partial charge >= 0.3 is 0 Å². The molecule has 0 aliphatic carbocycles. The van der Waals surface area contributed by atoms with E-state index < -0.39 is 0 Å². The van der Waals surface area contributed by atoms with Crippen LogP contribution >= 0.6 is 0 Å². The molecule has 8 heteroatoms. The van der Waals surface area contributed by atoms with Gasteiger partial charge in [-0.25, -0.2) is 0 Å². The molecule has 5 rings (SSSR count). The molecule has 0 saturated carbocycles. The summed E-state index contributed by atoms with van der Waals surface area (Å²) >= 11 is 0. The summed E-state index contributed by atoms with van der Waals surface area (Å²) in [6.45, 7) is 3.15. The van der Waals surface area contributed by atoms with Gasteiger partial charge in [0, 0.05) is 38.4 Å². The van der Waals surface area contributed by atoms with Gasteiger partial charge in [0.15, 0.2) is 5.82 Å². The molecule has 0 bridgehead atoms. The number of likely N-dealkylation sites (tertiary alicyclic amines) is 1. The van der Waals surface area contributed by atoms with E-state index in [1.807, 2.05) is 30.1 Å². The Labute approximate surface area is 169 Å². The van der Waals surface area contributed by atoms with E-state index in [2.05, 4.69) is 43.9 Å². The van der Waals surface area contributed by atoms with Crippen LogP contribution in [0.25, 0.3) is 11.4 Å². The fraction of sp³-hybridized carbons (Fsp3) is 0.429. The average Bonchev–Trinajstić information content (AvgIpc) is 3.35. The number of carbonyl (C=O) groups excluding carboxylic acids is 1. The standard InChI is InChI=1S/C21H25N7O/c1-25-14-18-23-24-19(16-6-4-3-5-7-16)28(18)21(15-25)9-12-27(13-10-21)20(29)17-8-11-22-26(17)2/h3-8,11H,9-10,12-15H2,1-2H3. The molecule has 29 heavy (non-hydrogen) atoms. The molecule has 1 spiro atoms. The van der Waals surface area contributed by atoms with E-state index in [9.17, 15) is 4.79 Å². The highest BCUT2D eigenvalue weighted by atomic mass is 16.2. The van der Waals surface area contributed by atoms with Crippen molar-refractivity contribution in [3.8, 4) is 11.4 Å². The minimum absolute atomic E-state index is 0.0521. The first-order valence-corrected chi connectivity index (χ1v) is 10.0. The highest BCUT2D eigenvalue weighted by molar-refractivity contribution is 5.92. The quantitative estimate of drug-likeness (QED) is 0.666. The predicted molar refractivity (Wildman–Crippen MR) is 108 cm³/mol. The fourth-order valence-corrected chi connectivity index (χ4v) is 4.82. The minimum atomic E-state index is -0.0970. The van der Waals surface area contributed by atoms with Crippen LogP contribution in [0, 0.1) is 0 Å². The number of nitrogens with zero attached hydrogens (tertiary/aromatic N) is 7. The van der Waals surface area contributed by atoms with Gasteiger partial charge in [-0.2, -0.15) is 5.10 Å². The molecule has 150 valence electrons. The molecule has 0 atom stereocenters. The lowest BCUT2D eigenvalue weighted by Gasteiger charge is -2.48. The first-order chi connectivity index (χ1) is 14.1. The lowest BCUT2D eigenvalue weighted by Crippen LogP contribution is -2.56. The van der Waals surface area contributed by atoms with E-state index in [1.165, 1.54) is 0 Å². The van der Waals surface area contributed by atoms with Crippen molar-refractivity contribution >= 4 is 5.91 Å². The van der Waals surface area contributed by atoms with E-state index in [4.69, 9.17) is 0 Å². The summed E-state index contributed by atoms with van der Waals surface area (Å²) in [5.74, 6) is 1.99. The van der Waals surface area contributed by atoms with Crippen LogP contribution in [0.5, 0.6) is 0 Å². The summed E-state index contributed by atoms with van der Waals surface area (Å²) in [4.78, 5) is 17.2. The molecule has 2 aliphatic heterocycles. The van der Waals surface area contributed by atoms with E-state index in [-0.39, 0.29) is 11.4 Å². The van der Waals surface area contributed by atoms with Crippen molar-refractivity contribution in [2.24, 2.45) is 7.05 Å². The zero-order valence-corrected chi connectivity index (χ0v) is 16.8. The minimum Gasteiger partial charge on any atom is -0.337 e. The third-order valence-corrected chi connectivity index (χ3v) is 6.23. The van der Waals surface area contributed by atoms with Crippen LogP contribution < -0.4 is 0 Å². The Morgan fingerprint density at radius 1 is 1.03 bits per heavy atom. The second kappa shape index (κ2) is 6.81. The van der Waals surface area contributed by atoms with Crippen LogP contribution in [0.4, 0.5) is 0 Å².